The number of hydrogen-bond acceptors (Lipinski definition) is 4. The van der Waals surface area contributed by atoms with E-state index in [1.165, 1.54) is 0 Å². The molecule has 0 saturated carbocycles. The van der Waals surface area contributed by atoms with Crippen LogP contribution in [-0.2, 0) is 0 Å². The summed E-state index contributed by atoms with van der Waals surface area (Å²) in [6, 6.07) is 12.0. The van der Waals surface area contributed by atoms with Crippen molar-refractivity contribution in [1.29, 1.82) is 0 Å². The van der Waals surface area contributed by atoms with Crippen molar-refractivity contribution in [3.8, 4) is 11.3 Å². The summed E-state index contributed by atoms with van der Waals surface area (Å²) in [5, 5.41) is 6.52. The van der Waals surface area contributed by atoms with Crippen LogP contribution in [0.3, 0.4) is 0 Å². The van der Waals surface area contributed by atoms with Crippen molar-refractivity contribution in [3.63, 3.8) is 0 Å². The molecule has 1 aliphatic heterocycles. The summed E-state index contributed by atoms with van der Waals surface area (Å²) in [4.78, 5) is 29.6. The molecule has 6 rings (SSSR count). The van der Waals surface area contributed by atoms with Crippen LogP contribution in [0.25, 0.3) is 33.2 Å². The molecule has 1 amide bonds. The van der Waals surface area contributed by atoms with E-state index in [0.29, 0.717) is 18.8 Å². The SMILES string of the molecule is O=C(c1cc2ccccc2[nH]1)N1CC(n2cc(-c3ncnc4[nH]ccc34)cn2)C1. The Hall–Kier alpha value is -3.94. The van der Waals surface area contributed by atoms with Gasteiger partial charge in [-0.25, -0.2) is 9.97 Å². The maximum absolute atomic E-state index is 12.8. The van der Waals surface area contributed by atoms with E-state index in [2.05, 4.69) is 25.0 Å². The van der Waals surface area contributed by atoms with Crippen molar-refractivity contribution in [3.05, 3.63) is 67.0 Å². The second-order valence-electron chi connectivity index (χ2n) is 7.31. The summed E-state index contributed by atoms with van der Waals surface area (Å²) >= 11 is 0. The number of H-pyrrole nitrogens is 2. The molecule has 8 heteroatoms. The van der Waals surface area contributed by atoms with E-state index in [1.807, 2.05) is 64.6 Å². The Balaban J connectivity index is 1.20. The van der Waals surface area contributed by atoms with Crippen molar-refractivity contribution in [2.45, 2.75) is 6.04 Å². The first kappa shape index (κ1) is 16.1. The maximum Gasteiger partial charge on any atom is 0.270 e. The zero-order valence-electron chi connectivity index (χ0n) is 15.4. The van der Waals surface area contributed by atoms with Gasteiger partial charge in [0.25, 0.3) is 5.91 Å². The Labute approximate surface area is 165 Å². The van der Waals surface area contributed by atoms with E-state index in [1.54, 1.807) is 6.33 Å². The Bertz CT molecular complexity index is 1320. The van der Waals surface area contributed by atoms with Crippen LogP contribution in [-0.4, -0.2) is 53.6 Å². The molecule has 1 aromatic carbocycles. The molecule has 0 aliphatic carbocycles. The minimum absolute atomic E-state index is 0.0228. The molecule has 5 aromatic rings. The largest absolute Gasteiger partial charge is 0.351 e. The first-order chi connectivity index (χ1) is 14.3. The molecule has 1 saturated heterocycles. The van der Waals surface area contributed by atoms with Gasteiger partial charge in [0, 0.05) is 47.3 Å². The quantitative estimate of drug-likeness (QED) is 0.501. The molecular weight excluding hydrogens is 366 g/mol. The van der Waals surface area contributed by atoms with Gasteiger partial charge in [-0.1, -0.05) is 18.2 Å². The Morgan fingerprint density at radius 1 is 1.14 bits per heavy atom. The molecule has 5 heterocycles. The predicted octanol–water partition coefficient (Wildman–Crippen LogP) is 3.00. The van der Waals surface area contributed by atoms with Gasteiger partial charge >= 0.3 is 0 Å². The first-order valence-electron chi connectivity index (χ1n) is 9.46. The maximum atomic E-state index is 12.8. The second kappa shape index (κ2) is 6.03. The van der Waals surface area contributed by atoms with Crippen LogP contribution < -0.4 is 0 Å². The number of likely N-dealkylation sites (tertiary alicyclic amines) is 1. The highest BCUT2D eigenvalue weighted by molar-refractivity contribution is 5.98. The number of rotatable bonds is 3. The summed E-state index contributed by atoms with van der Waals surface area (Å²) in [5.74, 6) is 0.0228. The van der Waals surface area contributed by atoms with Gasteiger partial charge < -0.3 is 14.9 Å². The van der Waals surface area contributed by atoms with Crippen molar-refractivity contribution < 1.29 is 4.79 Å². The zero-order chi connectivity index (χ0) is 19.4. The molecule has 0 spiro atoms. The zero-order valence-corrected chi connectivity index (χ0v) is 15.4. The Morgan fingerprint density at radius 2 is 2.03 bits per heavy atom. The molecule has 1 aliphatic rings. The van der Waals surface area contributed by atoms with E-state index in [4.69, 9.17) is 0 Å². The third-order valence-electron chi connectivity index (χ3n) is 5.51. The van der Waals surface area contributed by atoms with Crippen molar-refractivity contribution in [2.75, 3.05) is 13.1 Å². The molecular formula is C21H17N7O. The first-order valence-corrected chi connectivity index (χ1v) is 9.46. The third-order valence-corrected chi connectivity index (χ3v) is 5.51. The predicted molar refractivity (Wildman–Crippen MR) is 108 cm³/mol. The minimum atomic E-state index is 0.0228. The number of para-hydroxylation sites is 1. The van der Waals surface area contributed by atoms with Gasteiger partial charge in [-0.15, -0.1) is 0 Å². The fourth-order valence-electron chi connectivity index (χ4n) is 3.91. The normalized spacial score (nSPS) is 14.6. The summed E-state index contributed by atoms with van der Waals surface area (Å²) in [6.07, 6.45) is 7.21. The number of fused-ring (bicyclic) bond motifs is 2. The standard InChI is InChI=1S/C21H17N7O/c29-21(18-7-13-3-1-2-4-17(13)26-18)27-10-15(11-27)28-9-14(8-25-28)19-16-5-6-22-20(16)24-12-23-19/h1-9,12,15,26H,10-11H2,(H,22,23,24). The van der Waals surface area contributed by atoms with Gasteiger partial charge in [-0.3, -0.25) is 9.48 Å². The number of carbonyl (C=O) groups excluding carboxylic acids is 1. The highest BCUT2D eigenvalue weighted by atomic mass is 16.2. The third kappa shape index (κ3) is 2.53. The van der Waals surface area contributed by atoms with E-state index >= 15 is 0 Å². The molecule has 0 bridgehead atoms. The number of nitrogens with one attached hydrogen (secondary N) is 2. The second-order valence-corrected chi connectivity index (χ2v) is 7.31. The number of aromatic amines is 2. The molecule has 29 heavy (non-hydrogen) atoms. The molecule has 0 radical (unpaired) electrons. The highest BCUT2D eigenvalue weighted by Crippen LogP contribution is 2.28. The van der Waals surface area contributed by atoms with Crippen molar-refractivity contribution in [1.82, 2.24) is 34.6 Å². The smallest absolute Gasteiger partial charge is 0.270 e. The number of hydrogen-bond donors (Lipinski definition) is 2. The van der Waals surface area contributed by atoms with Gasteiger partial charge in [0.05, 0.1) is 17.9 Å². The van der Waals surface area contributed by atoms with Crippen molar-refractivity contribution >= 4 is 27.8 Å². The number of nitrogens with zero attached hydrogens (tertiary/aromatic N) is 5. The van der Waals surface area contributed by atoms with E-state index < -0.39 is 0 Å². The molecule has 142 valence electrons. The van der Waals surface area contributed by atoms with Crippen LogP contribution in [0.1, 0.15) is 16.5 Å². The van der Waals surface area contributed by atoms with Crippen LogP contribution >= 0.6 is 0 Å². The van der Waals surface area contributed by atoms with Crippen LogP contribution in [0.4, 0.5) is 0 Å². The lowest BCUT2D eigenvalue weighted by Gasteiger charge is -2.38. The van der Waals surface area contributed by atoms with Gasteiger partial charge in [-0.2, -0.15) is 5.10 Å². The number of carbonyl (C=O) groups is 1. The summed E-state index contributed by atoms with van der Waals surface area (Å²) < 4.78 is 1.92. The fourth-order valence-corrected chi connectivity index (χ4v) is 3.91. The van der Waals surface area contributed by atoms with E-state index in [9.17, 15) is 4.79 Å². The summed E-state index contributed by atoms with van der Waals surface area (Å²) in [6.45, 7) is 1.28. The van der Waals surface area contributed by atoms with Gasteiger partial charge in [0.2, 0.25) is 0 Å². The summed E-state index contributed by atoms with van der Waals surface area (Å²) in [5.41, 5.74) is 4.21. The Kier molecular flexibility index (Phi) is 3.34. The van der Waals surface area contributed by atoms with E-state index in [0.717, 1.165) is 33.2 Å². The van der Waals surface area contributed by atoms with Crippen LogP contribution in [0, 0.1) is 0 Å². The van der Waals surface area contributed by atoms with E-state index in [-0.39, 0.29) is 11.9 Å². The molecule has 1 fully saturated rings. The number of benzene rings is 1. The van der Waals surface area contributed by atoms with Gasteiger partial charge in [-0.05, 0) is 18.2 Å². The Morgan fingerprint density at radius 3 is 2.93 bits per heavy atom. The van der Waals surface area contributed by atoms with Crippen LogP contribution in [0.2, 0.25) is 0 Å². The summed E-state index contributed by atoms with van der Waals surface area (Å²) in [7, 11) is 0. The fraction of sp³-hybridized carbons (Fsp3) is 0.143. The average Bonchev–Trinajstić information content (AvgIpc) is 3.44. The lowest BCUT2D eigenvalue weighted by Crippen LogP contribution is -2.50. The monoisotopic (exact) mass is 383 g/mol. The van der Waals surface area contributed by atoms with Gasteiger partial charge in [0.15, 0.2) is 0 Å². The average molecular weight is 383 g/mol. The van der Waals surface area contributed by atoms with Crippen molar-refractivity contribution in [2.24, 2.45) is 0 Å². The number of amides is 1. The van der Waals surface area contributed by atoms with Gasteiger partial charge in [0.1, 0.15) is 17.7 Å². The minimum Gasteiger partial charge on any atom is -0.351 e. The number of aromatic nitrogens is 6. The van der Waals surface area contributed by atoms with Crippen LogP contribution in [0.15, 0.2) is 61.3 Å². The molecule has 0 atom stereocenters. The lowest BCUT2D eigenvalue weighted by atomic mass is 10.1. The lowest BCUT2D eigenvalue weighted by molar-refractivity contribution is 0.0496. The highest BCUT2D eigenvalue weighted by Gasteiger charge is 2.33. The van der Waals surface area contributed by atoms with Crippen LogP contribution in [0.5, 0.6) is 0 Å². The topological polar surface area (TPSA) is 95.5 Å². The molecule has 4 aromatic heterocycles. The molecule has 0 unspecified atom stereocenters. The molecule has 2 N–H and O–H groups in total. The molecule has 8 nitrogen and oxygen atoms in total.